The van der Waals surface area contributed by atoms with Gasteiger partial charge in [-0.1, -0.05) is 0 Å². The Hall–Kier alpha value is -1.62. The van der Waals surface area contributed by atoms with Crippen LogP contribution in [-0.2, 0) is 11.8 Å². The molecule has 1 aliphatic heterocycles. The number of pyridine rings is 1. The van der Waals surface area contributed by atoms with Crippen LogP contribution in [-0.4, -0.2) is 23.6 Å². The van der Waals surface area contributed by atoms with Crippen molar-refractivity contribution in [3.8, 4) is 0 Å². The highest BCUT2D eigenvalue weighted by Crippen LogP contribution is 2.10. The molecule has 0 spiro atoms. The van der Waals surface area contributed by atoms with Crippen LogP contribution in [0.5, 0.6) is 0 Å². The van der Waals surface area contributed by atoms with Gasteiger partial charge in [-0.2, -0.15) is 0 Å². The third-order valence-electron chi connectivity index (χ3n) is 2.71. The largest absolute Gasteiger partial charge is 0.325 e. The zero-order valence-corrected chi connectivity index (χ0v) is 9.19. The number of aromatic nitrogens is 1. The molecule has 0 radical (unpaired) electrons. The van der Waals surface area contributed by atoms with E-state index >= 15 is 0 Å². The number of hydrogen-bond acceptors (Lipinski definition) is 3. The van der Waals surface area contributed by atoms with E-state index in [2.05, 4.69) is 10.6 Å². The van der Waals surface area contributed by atoms with Crippen molar-refractivity contribution in [2.24, 2.45) is 13.0 Å². The van der Waals surface area contributed by atoms with Gasteiger partial charge < -0.3 is 15.2 Å². The fourth-order valence-electron chi connectivity index (χ4n) is 1.63. The SMILES string of the molecule is Cn1cc(NC(=O)CC2CNC2)ccc1=O. The number of carbonyl (C=O) groups excluding carboxylic acids is 1. The minimum absolute atomic E-state index is 0.00477. The topological polar surface area (TPSA) is 63.1 Å². The molecule has 1 aromatic heterocycles. The molecule has 1 saturated heterocycles. The number of anilines is 1. The number of aryl methyl sites for hydroxylation is 1. The molecule has 1 fully saturated rings. The van der Waals surface area contributed by atoms with Crippen LogP contribution in [0, 0.1) is 5.92 Å². The predicted octanol–water partition coefficient (Wildman–Crippen LogP) is -0.0667. The van der Waals surface area contributed by atoms with Crippen LogP contribution in [0.2, 0.25) is 0 Å². The standard InChI is InChI=1S/C11H15N3O2/c1-14-7-9(2-3-11(14)16)13-10(15)4-8-5-12-6-8/h2-3,7-8,12H,4-6H2,1H3,(H,13,15). The summed E-state index contributed by atoms with van der Waals surface area (Å²) in [7, 11) is 1.66. The summed E-state index contributed by atoms with van der Waals surface area (Å²) in [6, 6.07) is 3.07. The fraction of sp³-hybridized carbons (Fsp3) is 0.455. The quantitative estimate of drug-likeness (QED) is 0.751. The monoisotopic (exact) mass is 221 g/mol. The van der Waals surface area contributed by atoms with Crippen molar-refractivity contribution in [3.05, 3.63) is 28.7 Å². The van der Waals surface area contributed by atoms with Crippen LogP contribution in [0.15, 0.2) is 23.1 Å². The van der Waals surface area contributed by atoms with E-state index in [0.29, 0.717) is 18.0 Å². The van der Waals surface area contributed by atoms with Gasteiger partial charge >= 0.3 is 0 Å². The molecule has 86 valence electrons. The fourth-order valence-corrected chi connectivity index (χ4v) is 1.63. The van der Waals surface area contributed by atoms with Gasteiger partial charge in [0.05, 0.1) is 5.69 Å². The molecule has 2 rings (SSSR count). The van der Waals surface area contributed by atoms with Gasteiger partial charge in [0.2, 0.25) is 11.5 Å². The summed E-state index contributed by atoms with van der Waals surface area (Å²) in [6.07, 6.45) is 2.16. The number of nitrogens with one attached hydrogen (secondary N) is 2. The number of rotatable bonds is 3. The first-order valence-corrected chi connectivity index (χ1v) is 5.32. The highest BCUT2D eigenvalue weighted by molar-refractivity contribution is 5.90. The zero-order valence-electron chi connectivity index (χ0n) is 9.19. The zero-order chi connectivity index (χ0) is 11.5. The van der Waals surface area contributed by atoms with Crippen LogP contribution in [0.4, 0.5) is 5.69 Å². The number of hydrogen-bond donors (Lipinski definition) is 2. The van der Waals surface area contributed by atoms with Crippen molar-refractivity contribution in [1.29, 1.82) is 0 Å². The van der Waals surface area contributed by atoms with Gasteiger partial charge in [-0.05, 0) is 25.1 Å². The Kier molecular flexibility index (Phi) is 3.05. The number of amides is 1. The Bertz CT molecular complexity index is 449. The lowest BCUT2D eigenvalue weighted by Crippen LogP contribution is -2.43. The average Bonchev–Trinajstić information content (AvgIpc) is 2.18. The van der Waals surface area contributed by atoms with Crippen LogP contribution >= 0.6 is 0 Å². The van der Waals surface area contributed by atoms with Crippen LogP contribution in [0.25, 0.3) is 0 Å². The maximum absolute atomic E-state index is 11.6. The Labute approximate surface area is 93.5 Å². The molecule has 5 heteroatoms. The van der Waals surface area contributed by atoms with E-state index in [1.807, 2.05) is 0 Å². The van der Waals surface area contributed by atoms with E-state index in [4.69, 9.17) is 0 Å². The molecule has 0 aliphatic carbocycles. The molecule has 0 bridgehead atoms. The lowest BCUT2D eigenvalue weighted by molar-refractivity contribution is -0.117. The van der Waals surface area contributed by atoms with Crippen LogP contribution in [0.1, 0.15) is 6.42 Å². The Morgan fingerprint density at radius 3 is 2.88 bits per heavy atom. The Balaban J connectivity index is 1.94. The van der Waals surface area contributed by atoms with E-state index in [1.165, 1.54) is 10.6 Å². The molecule has 0 aromatic carbocycles. The van der Waals surface area contributed by atoms with Gasteiger partial charge in [0.1, 0.15) is 0 Å². The summed E-state index contributed by atoms with van der Waals surface area (Å²) in [5.74, 6) is 0.456. The molecule has 2 heterocycles. The molecule has 5 nitrogen and oxygen atoms in total. The summed E-state index contributed by atoms with van der Waals surface area (Å²) in [5, 5.41) is 5.90. The Morgan fingerprint density at radius 2 is 2.31 bits per heavy atom. The second-order valence-corrected chi connectivity index (χ2v) is 4.14. The normalized spacial score (nSPS) is 15.6. The first-order valence-electron chi connectivity index (χ1n) is 5.32. The summed E-state index contributed by atoms with van der Waals surface area (Å²) >= 11 is 0. The van der Waals surface area contributed by atoms with E-state index in [1.54, 1.807) is 19.3 Å². The van der Waals surface area contributed by atoms with Crippen molar-refractivity contribution in [2.75, 3.05) is 18.4 Å². The van der Waals surface area contributed by atoms with E-state index < -0.39 is 0 Å². The number of carbonyl (C=O) groups is 1. The molecule has 1 amide bonds. The Morgan fingerprint density at radius 1 is 1.56 bits per heavy atom. The minimum Gasteiger partial charge on any atom is -0.325 e. The highest BCUT2D eigenvalue weighted by Gasteiger charge is 2.19. The average molecular weight is 221 g/mol. The minimum atomic E-state index is -0.0822. The second kappa shape index (κ2) is 4.49. The van der Waals surface area contributed by atoms with Crippen molar-refractivity contribution < 1.29 is 4.79 Å². The lowest BCUT2D eigenvalue weighted by Gasteiger charge is -2.26. The van der Waals surface area contributed by atoms with E-state index in [9.17, 15) is 9.59 Å². The van der Waals surface area contributed by atoms with E-state index in [0.717, 1.165) is 13.1 Å². The van der Waals surface area contributed by atoms with Gasteiger partial charge in [-0.15, -0.1) is 0 Å². The summed E-state index contributed by atoms with van der Waals surface area (Å²) in [6.45, 7) is 1.83. The maximum Gasteiger partial charge on any atom is 0.250 e. The van der Waals surface area contributed by atoms with Gasteiger partial charge in [-0.3, -0.25) is 9.59 Å². The summed E-state index contributed by atoms with van der Waals surface area (Å²) < 4.78 is 1.44. The lowest BCUT2D eigenvalue weighted by atomic mass is 9.99. The van der Waals surface area contributed by atoms with Gasteiger partial charge in [-0.25, -0.2) is 0 Å². The molecule has 1 aliphatic rings. The molecule has 16 heavy (non-hydrogen) atoms. The molecular formula is C11H15N3O2. The molecule has 0 atom stereocenters. The first kappa shape index (κ1) is 10.9. The van der Waals surface area contributed by atoms with E-state index in [-0.39, 0.29) is 11.5 Å². The molecule has 0 unspecified atom stereocenters. The maximum atomic E-state index is 11.6. The van der Waals surface area contributed by atoms with Crippen molar-refractivity contribution in [3.63, 3.8) is 0 Å². The van der Waals surface area contributed by atoms with Crippen molar-refractivity contribution in [2.45, 2.75) is 6.42 Å². The molecular weight excluding hydrogens is 206 g/mol. The highest BCUT2D eigenvalue weighted by atomic mass is 16.1. The third-order valence-corrected chi connectivity index (χ3v) is 2.71. The van der Waals surface area contributed by atoms with Gasteiger partial charge in [0.25, 0.3) is 0 Å². The van der Waals surface area contributed by atoms with Crippen LogP contribution < -0.4 is 16.2 Å². The van der Waals surface area contributed by atoms with Gasteiger partial charge in [0.15, 0.2) is 0 Å². The summed E-state index contributed by atoms with van der Waals surface area (Å²) in [4.78, 5) is 22.7. The second-order valence-electron chi connectivity index (χ2n) is 4.14. The third kappa shape index (κ3) is 2.49. The number of nitrogens with zero attached hydrogens (tertiary/aromatic N) is 1. The van der Waals surface area contributed by atoms with Crippen molar-refractivity contribution in [1.82, 2.24) is 9.88 Å². The summed E-state index contributed by atoms with van der Waals surface area (Å²) in [5.41, 5.74) is 0.584. The first-order chi connectivity index (χ1) is 7.65. The van der Waals surface area contributed by atoms with Crippen molar-refractivity contribution >= 4 is 11.6 Å². The smallest absolute Gasteiger partial charge is 0.250 e. The van der Waals surface area contributed by atoms with Gasteiger partial charge in [0, 0.05) is 25.7 Å². The predicted molar refractivity (Wildman–Crippen MR) is 61.3 cm³/mol. The van der Waals surface area contributed by atoms with Crippen LogP contribution in [0.3, 0.4) is 0 Å². The molecule has 2 N–H and O–H groups in total. The molecule has 0 saturated carbocycles. The molecule has 1 aromatic rings.